The van der Waals surface area contributed by atoms with E-state index in [4.69, 9.17) is 5.11 Å². The summed E-state index contributed by atoms with van der Waals surface area (Å²) in [4.78, 5) is 4.38. The van der Waals surface area contributed by atoms with Crippen molar-refractivity contribution in [2.75, 3.05) is 0 Å². The average Bonchev–Trinajstić information content (AvgIpc) is 2.28. The summed E-state index contributed by atoms with van der Waals surface area (Å²) in [5.41, 5.74) is 4.05. The number of aromatic nitrogens is 1. The molecule has 2 aromatic rings. The molecule has 0 spiro atoms. The number of hydrogen-bond acceptors (Lipinski definition) is 3. The highest BCUT2D eigenvalue weighted by atomic mass is 16.3. The van der Waals surface area contributed by atoms with Gasteiger partial charge in [0.1, 0.15) is 0 Å². The van der Waals surface area contributed by atoms with Gasteiger partial charge in [-0.1, -0.05) is 12.1 Å². The summed E-state index contributed by atoms with van der Waals surface area (Å²) in [6.45, 7) is 0.0780. The molecule has 1 aromatic carbocycles. The molecule has 13 heavy (non-hydrogen) atoms. The Morgan fingerprint density at radius 2 is 2.08 bits per heavy atom. The summed E-state index contributed by atoms with van der Waals surface area (Å²) in [7, 11) is 0. The third kappa shape index (κ3) is 0.883. The molecular weight excluding hydrogens is 164 g/mol. The van der Waals surface area contributed by atoms with Crippen molar-refractivity contribution in [1.29, 1.82) is 0 Å². The maximum absolute atomic E-state index is 9.05. The van der Waals surface area contributed by atoms with Gasteiger partial charge in [-0.15, -0.1) is 0 Å². The van der Waals surface area contributed by atoms with Crippen LogP contribution in [0.3, 0.4) is 0 Å². The van der Waals surface area contributed by atoms with Crippen molar-refractivity contribution >= 4 is 10.9 Å². The van der Waals surface area contributed by atoms with Crippen molar-refractivity contribution < 1.29 is 5.11 Å². The van der Waals surface area contributed by atoms with Gasteiger partial charge < -0.3 is 11.3 Å². The van der Waals surface area contributed by atoms with Gasteiger partial charge in [0.25, 0.3) is 0 Å². The van der Waals surface area contributed by atoms with Crippen LogP contribution in [-0.2, 0) is 6.61 Å². The zero-order chi connectivity index (χ0) is 8.13. The number of hydrogen-bond donors (Lipinski definition) is 2. The predicted molar refractivity (Wildman–Crippen MR) is 51.7 cm³/mol. The second kappa shape index (κ2) is 2.52. The van der Waals surface area contributed by atoms with Crippen molar-refractivity contribution in [3.63, 3.8) is 0 Å². The lowest BCUT2D eigenvalue weighted by Gasteiger charge is -1.98. The Balaban J connectivity index is 0.000000653. The number of fused-ring (bicyclic) bond motifs is 3. The number of pyridine rings is 1. The summed E-state index contributed by atoms with van der Waals surface area (Å²) >= 11 is 0. The van der Waals surface area contributed by atoms with Gasteiger partial charge in [-0.3, -0.25) is 0 Å². The van der Waals surface area contributed by atoms with E-state index in [1.54, 1.807) is 0 Å². The van der Waals surface area contributed by atoms with E-state index >= 15 is 0 Å². The third-order valence-electron chi connectivity index (χ3n) is 2.34. The number of rotatable bonds is 1. The highest BCUT2D eigenvalue weighted by Gasteiger charge is 2.14. The molecule has 0 fully saturated rings. The van der Waals surface area contributed by atoms with Gasteiger partial charge in [0.2, 0.25) is 0 Å². The van der Waals surface area contributed by atoms with E-state index in [1.807, 2.05) is 18.2 Å². The Kier molecular flexibility index (Phi) is 1.58. The molecule has 4 N–H and O–H groups in total. The fourth-order valence-electron chi connectivity index (χ4n) is 1.73. The first-order valence-electron chi connectivity index (χ1n) is 3.93. The summed E-state index contributed by atoms with van der Waals surface area (Å²) in [5, 5.41) is 10.2. The first kappa shape index (κ1) is 8.16. The van der Waals surface area contributed by atoms with E-state index in [0.29, 0.717) is 0 Å². The highest BCUT2D eigenvalue weighted by Crippen LogP contribution is 2.33. The van der Waals surface area contributed by atoms with E-state index < -0.39 is 0 Å². The van der Waals surface area contributed by atoms with Gasteiger partial charge in [-0.05, 0) is 12.1 Å². The van der Waals surface area contributed by atoms with Crippen LogP contribution in [0.5, 0.6) is 0 Å². The summed E-state index contributed by atoms with van der Waals surface area (Å²) < 4.78 is 0. The van der Waals surface area contributed by atoms with Crippen LogP contribution in [0.25, 0.3) is 22.2 Å². The number of aliphatic hydroxyl groups is 1. The van der Waals surface area contributed by atoms with Crippen LogP contribution in [0.1, 0.15) is 5.56 Å². The standard InChI is InChI=1S/C10H7NO.H3N/c12-5-8-3-6-1-2-7-4-9(6)11-10(7)8;/h1-4,12H,5H2;1H3. The molecule has 1 aliphatic heterocycles. The van der Waals surface area contributed by atoms with E-state index in [0.717, 1.165) is 27.7 Å². The molecule has 0 atom stereocenters. The molecule has 0 unspecified atom stereocenters. The lowest BCUT2D eigenvalue weighted by atomic mass is 10.1. The zero-order valence-electron chi connectivity index (χ0n) is 7.12. The van der Waals surface area contributed by atoms with Crippen molar-refractivity contribution in [1.82, 2.24) is 11.1 Å². The lowest BCUT2D eigenvalue weighted by molar-refractivity contribution is 0.282. The normalized spacial score (nSPS) is 11.2. The van der Waals surface area contributed by atoms with E-state index in [1.165, 1.54) is 0 Å². The molecule has 1 aliphatic rings. The Labute approximate surface area is 75.6 Å². The molecule has 0 radical (unpaired) electrons. The van der Waals surface area contributed by atoms with Crippen molar-refractivity contribution in [3.8, 4) is 11.3 Å². The SMILES string of the molecule is N.OCc1cc2ccc3cc2nc1-3. The molecule has 3 nitrogen and oxygen atoms in total. The molecular formula is C10H10N2O. The van der Waals surface area contributed by atoms with Gasteiger partial charge in [-0.25, -0.2) is 4.98 Å². The van der Waals surface area contributed by atoms with Crippen LogP contribution in [0.4, 0.5) is 0 Å². The van der Waals surface area contributed by atoms with Gasteiger partial charge in [0, 0.05) is 16.5 Å². The fourth-order valence-corrected chi connectivity index (χ4v) is 1.73. The van der Waals surface area contributed by atoms with E-state index in [2.05, 4.69) is 11.1 Å². The molecule has 66 valence electrons. The molecule has 0 saturated carbocycles. The summed E-state index contributed by atoms with van der Waals surface area (Å²) in [5.74, 6) is 0. The number of aliphatic hydroxyl groups excluding tert-OH is 1. The molecule has 2 heterocycles. The molecule has 3 rings (SSSR count). The van der Waals surface area contributed by atoms with E-state index in [9.17, 15) is 0 Å². The molecule has 0 aliphatic carbocycles. The minimum atomic E-state index is 0. The van der Waals surface area contributed by atoms with Crippen LogP contribution in [0.2, 0.25) is 0 Å². The topological polar surface area (TPSA) is 68.1 Å². The van der Waals surface area contributed by atoms with Gasteiger partial charge >= 0.3 is 0 Å². The third-order valence-corrected chi connectivity index (χ3v) is 2.34. The summed E-state index contributed by atoms with van der Waals surface area (Å²) in [6, 6.07) is 8.15. The van der Waals surface area contributed by atoms with Crippen LogP contribution in [0, 0.1) is 0 Å². The van der Waals surface area contributed by atoms with Crippen LogP contribution in [-0.4, -0.2) is 10.1 Å². The Bertz CT molecular complexity index is 480. The number of nitrogens with zero attached hydrogens (tertiary/aromatic N) is 1. The maximum atomic E-state index is 9.05. The average molecular weight is 174 g/mol. The molecule has 3 bridgehead atoms. The second-order valence-corrected chi connectivity index (χ2v) is 3.06. The Morgan fingerprint density at radius 3 is 2.85 bits per heavy atom. The Hall–Kier alpha value is -1.45. The first-order chi connectivity index (χ1) is 5.88. The quantitative estimate of drug-likeness (QED) is 0.591. The van der Waals surface area contributed by atoms with Gasteiger partial charge in [0.15, 0.2) is 0 Å². The molecule has 0 amide bonds. The van der Waals surface area contributed by atoms with Gasteiger partial charge in [-0.2, -0.15) is 0 Å². The lowest BCUT2D eigenvalue weighted by Crippen LogP contribution is -1.86. The summed E-state index contributed by atoms with van der Waals surface area (Å²) in [6.07, 6.45) is 0. The van der Waals surface area contributed by atoms with Crippen LogP contribution < -0.4 is 6.15 Å². The fraction of sp³-hybridized carbons (Fsp3) is 0.100. The molecule has 3 heteroatoms. The van der Waals surface area contributed by atoms with Crippen LogP contribution >= 0.6 is 0 Å². The largest absolute Gasteiger partial charge is 0.392 e. The van der Waals surface area contributed by atoms with Crippen molar-refractivity contribution in [2.45, 2.75) is 6.61 Å². The minimum absolute atomic E-state index is 0. The molecule has 0 saturated heterocycles. The Morgan fingerprint density at radius 1 is 1.23 bits per heavy atom. The van der Waals surface area contributed by atoms with Crippen molar-refractivity contribution in [3.05, 3.63) is 29.8 Å². The van der Waals surface area contributed by atoms with Crippen LogP contribution in [0.15, 0.2) is 24.3 Å². The second-order valence-electron chi connectivity index (χ2n) is 3.06. The zero-order valence-corrected chi connectivity index (χ0v) is 7.12. The van der Waals surface area contributed by atoms with Gasteiger partial charge in [0.05, 0.1) is 17.8 Å². The predicted octanol–water partition coefficient (Wildman–Crippen LogP) is 1.87. The van der Waals surface area contributed by atoms with E-state index in [-0.39, 0.29) is 12.8 Å². The monoisotopic (exact) mass is 174 g/mol. The van der Waals surface area contributed by atoms with Crippen molar-refractivity contribution in [2.24, 2.45) is 0 Å². The smallest absolute Gasteiger partial charge is 0.0765 e. The molecule has 1 aromatic heterocycles. The number of benzene rings is 1. The maximum Gasteiger partial charge on any atom is 0.0765 e. The first-order valence-corrected chi connectivity index (χ1v) is 3.93. The highest BCUT2D eigenvalue weighted by molar-refractivity contribution is 5.91. The minimum Gasteiger partial charge on any atom is -0.392 e.